The van der Waals surface area contributed by atoms with Crippen LogP contribution in [0.25, 0.3) is 0 Å². The first-order chi connectivity index (χ1) is 11.1. The van der Waals surface area contributed by atoms with Gasteiger partial charge in [0.15, 0.2) is 0 Å². The van der Waals surface area contributed by atoms with Crippen molar-refractivity contribution in [3.63, 3.8) is 0 Å². The molecule has 0 saturated carbocycles. The normalized spacial score (nSPS) is 14.3. The molecular formula is C19H21FN2O. The smallest absolute Gasteiger partial charge is 0.223 e. The van der Waals surface area contributed by atoms with E-state index >= 15 is 0 Å². The van der Waals surface area contributed by atoms with E-state index in [1.165, 1.54) is 23.3 Å². The van der Waals surface area contributed by atoms with Gasteiger partial charge in [-0.1, -0.05) is 37.3 Å². The Labute approximate surface area is 135 Å². The van der Waals surface area contributed by atoms with Gasteiger partial charge in [0.05, 0.1) is 0 Å². The second-order valence-corrected chi connectivity index (χ2v) is 6.16. The summed E-state index contributed by atoms with van der Waals surface area (Å²) in [6.45, 7) is 4.21. The third-order valence-electron chi connectivity index (χ3n) is 4.25. The van der Waals surface area contributed by atoms with Gasteiger partial charge in [-0.2, -0.15) is 0 Å². The maximum absolute atomic E-state index is 13.2. The van der Waals surface area contributed by atoms with Crippen LogP contribution < -0.4 is 10.6 Å². The summed E-state index contributed by atoms with van der Waals surface area (Å²) >= 11 is 0. The van der Waals surface area contributed by atoms with Crippen molar-refractivity contribution in [1.82, 2.24) is 10.6 Å². The van der Waals surface area contributed by atoms with Crippen LogP contribution in [0.3, 0.4) is 0 Å². The number of amides is 1. The van der Waals surface area contributed by atoms with E-state index in [-0.39, 0.29) is 17.6 Å². The Morgan fingerprint density at radius 3 is 2.83 bits per heavy atom. The second kappa shape index (κ2) is 6.92. The minimum atomic E-state index is -0.262. The van der Waals surface area contributed by atoms with Crippen LogP contribution in [-0.4, -0.2) is 5.91 Å². The van der Waals surface area contributed by atoms with Crippen molar-refractivity contribution in [3.8, 4) is 0 Å². The Morgan fingerprint density at radius 2 is 2.00 bits per heavy atom. The number of carbonyl (C=O) groups excluding carboxylic acids is 1. The van der Waals surface area contributed by atoms with E-state index in [4.69, 9.17) is 0 Å². The molecule has 1 heterocycles. The van der Waals surface area contributed by atoms with E-state index in [1.54, 1.807) is 6.07 Å². The molecule has 0 spiro atoms. The van der Waals surface area contributed by atoms with Gasteiger partial charge < -0.3 is 10.6 Å². The zero-order valence-electron chi connectivity index (χ0n) is 13.2. The molecule has 0 radical (unpaired) electrons. The van der Waals surface area contributed by atoms with Crippen molar-refractivity contribution < 1.29 is 9.18 Å². The molecule has 0 fully saturated rings. The highest BCUT2D eigenvalue weighted by Crippen LogP contribution is 2.17. The standard InChI is InChI=1S/C19H21FN2O/c1-13(7-14-3-2-4-18(20)9-14)19(23)22-10-15-5-6-16-11-21-12-17(16)8-15/h2-6,8-9,13,21H,7,10-12H2,1H3,(H,22,23). The molecule has 1 aliphatic heterocycles. The number of nitrogens with one attached hydrogen (secondary N) is 2. The molecule has 0 saturated heterocycles. The molecule has 23 heavy (non-hydrogen) atoms. The lowest BCUT2D eigenvalue weighted by molar-refractivity contribution is -0.124. The summed E-state index contributed by atoms with van der Waals surface area (Å²) in [6.07, 6.45) is 0.539. The van der Waals surface area contributed by atoms with Crippen LogP contribution in [0.15, 0.2) is 42.5 Å². The van der Waals surface area contributed by atoms with Crippen LogP contribution in [0.2, 0.25) is 0 Å². The molecule has 1 aliphatic rings. The predicted octanol–water partition coefficient (Wildman–Crippen LogP) is 2.92. The molecular weight excluding hydrogens is 291 g/mol. The number of carbonyl (C=O) groups is 1. The van der Waals surface area contributed by atoms with Gasteiger partial charge in [-0.05, 0) is 40.8 Å². The average Bonchev–Trinajstić information content (AvgIpc) is 3.00. The lowest BCUT2D eigenvalue weighted by Gasteiger charge is -2.13. The molecule has 120 valence electrons. The highest BCUT2D eigenvalue weighted by Gasteiger charge is 2.14. The molecule has 3 nitrogen and oxygen atoms in total. The van der Waals surface area contributed by atoms with Crippen molar-refractivity contribution in [2.45, 2.75) is 33.0 Å². The summed E-state index contributed by atoms with van der Waals surface area (Å²) in [5.41, 5.74) is 4.60. The second-order valence-electron chi connectivity index (χ2n) is 6.16. The Morgan fingerprint density at radius 1 is 1.17 bits per heavy atom. The van der Waals surface area contributed by atoms with Gasteiger partial charge in [0.1, 0.15) is 5.82 Å². The van der Waals surface area contributed by atoms with E-state index in [0.717, 1.165) is 24.2 Å². The number of hydrogen-bond acceptors (Lipinski definition) is 2. The van der Waals surface area contributed by atoms with E-state index in [1.807, 2.05) is 13.0 Å². The molecule has 1 atom stereocenters. The number of fused-ring (bicyclic) bond motifs is 1. The summed E-state index contributed by atoms with van der Waals surface area (Å²) in [4.78, 5) is 12.2. The van der Waals surface area contributed by atoms with E-state index in [0.29, 0.717) is 13.0 Å². The lowest BCUT2D eigenvalue weighted by atomic mass is 10.00. The number of hydrogen-bond donors (Lipinski definition) is 2. The van der Waals surface area contributed by atoms with Gasteiger partial charge in [-0.15, -0.1) is 0 Å². The molecule has 0 bridgehead atoms. The zero-order valence-corrected chi connectivity index (χ0v) is 13.2. The minimum absolute atomic E-state index is 0.00659. The van der Waals surface area contributed by atoms with Gasteiger partial charge in [0, 0.05) is 25.6 Å². The fourth-order valence-corrected chi connectivity index (χ4v) is 2.93. The van der Waals surface area contributed by atoms with Crippen molar-refractivity contribution in [3.05, 3.63) is 70.5 Å². The zero-order chi connectivity index (χ0) is 16.2. The Kier molecular flexibility index (Phi) is 4.72. The molecule has 2 aromatic carbocycles. The lowest BCUT2D eigenvalue weighted by Crippen LogP contribution is -2.29. The van der Waals surface area contributed by atoms with Crippen molar-refractivity contribution in [1.29, 1.82) is 0 Å². The quantitative estimate of drug-likeness (QED) is 0.891. The van der Waals surface area contributed by atoms with Crippen molar-refractivity contribution in [2.75, 3.05) is 0 Å². The molecule has 4 heteroatoms. The number of halogens is 1. The van der Waals surface area contributed by atoms with Crippen LogP contribution in [0, 0.1) is 11.7 Å². The summed E-state index contributed by atoms with van der Waals surface area (Å²) in [5, 5.41) is 6.28. The predicted molar refractivity (Wildman–Crippen MR) is 88.1 cm³/mol. The number of rotatable bonds is 5. The highest BCUT2D eigenvalue weighted by atomic mass is 19.1. The first-order valence-electron chi connectivity index (χ1n) is 7.95. The molecule has 0 aromatic heterocycles. The third kappa shape index (κ3) is 3.96. The van der Waals surface area contributed by atoms with Crippen LogP contribution in [0.1, 0.15) is 29.2 Å². The van der Waals surface area contributed by atoms with Crippen LogP contribution in [0.5, 0.6) is 0 Å². The highest BCUT2D eigenvalue weighted by molar-refractivity contribution is 5.78. The fourth-order valence-electron chi connectivity index (χ4n) is 2.93. The number of benzene rings is 2. The summed E-state index contributed by atoms with van der Waals surface area (Å²) in [5.74, 6) is -0.456. The third-order valence-corrected chi connectivity index (χ3v) is 4.25. The summed E-state index contributed by atoms with van der Waals surface area (Å²) in [6, 6.07) is 12.7. The van der Waals surface area contributed by atoms with Crippen molar-refractivity contribution >= 4 is 5.91 Å². The SMILES string of the molecule is CC(Cc1cccc(F)c1)C(=O)NCc1ccc2c(c1)CNC2. The van der Waals surface area contributed by atoms with Crippen LogP contribution in [-0.2, 0) is 30.8 Å². The van der Waals surface area contributed by atoms with Crippen molar-refractivity contribution in [2.24, 2.45) is 5.92 Å². The topological polar surface area (TPSA) is 41.1 Å². The Balaban J connectivity index is 1.54. The summed E-state index contributed by atoms with van der Waals surface area (Å²) < 4.78 is 13.2. The maximum Gasteiger partial charge on any atom is 0.223 e. The van der Waals surface area contributed by atoms with E-state index < -0.39 is 0 Å². The monoisotopic (exact) mass is 312 g/mol. The summed E-state index contributed by atoms with van der Waals surface area (Å²) in [7, 11) is 0. The molecule has 0 aliphatic carbocycles. The van der Waals surface area contributed by atoms with Gasteiger partial charge >= 0.3 is 0 Å². The first kappa shape index (κ1) is 15.7. The maximum atomic E-state index is 13.2. The fraction of sp³-hybridized carbons (Fsp3) is 0.316. The Hall–Kier alpha value is -2.20. The average molecular weight is 312 g/mol. The minimum Gasteiger partial charge on any atom is -0.352 e. The van der Waals surface area contributed by atoms with E-state index in [9.17, 15) is 9.18 Å². The van der Waals surface area contributed by atoms with Gasteiger partial charge in [-0.3, -0.25) is 4.79 Å². The van der Waals surface area contributed by atoms with Gasteiger partial charge in [0.2, 0.25) is 5.91 Å². The van der Waals surface area contributed by atoms with Crippen LogP contribution in [0.4, 0.5) is 4.39 Å². The molecule has 2 aromatic rings. The van der Waals surface area contributed by atoms with Crippen LogP contribution >= 0.6 is 0 Å². The van der Waals surface area contributed by atoms with Gasteiger partial charge in [0.25, 0.3) is 0 Å². The Bertz CT molecular complexity index is 714. The largest absolute Gasteiger partial charge is 0.352 e. The molecule has 1 unspecified atom stereocenters. The van der Waals surface area contributed by atoms with Gasteiger partial charge in [-0.25, -0.2) is 4.39 Å². The molecule has 2 N–H and O–H groups in total. The first-order valence-corrected chi connectivity index (χ1v) is 7.95. The molecule has 1 amide bonds. The van der Waals surface area contributed by atoms with E-state index in [2.05, 4.69) is 28.8 Å². The molecule has 3 rings (SSSR count).